The quantitative estimate of drug-likeness (QED) is 0.769. The Morgan fingerprint density at radius 1 is 1.35 bits per heavy atom. The Hall–Kier alpha value is -0.750. The maximum Gasteiger partial charge on any atom is 0.246 e. The number of hydrogen-bond donors (Lipinski definition) is 0. The molecule has 0 aromatic carbocycles. The van der Waals surface area contributed by atoms with E-state index in [0.29, 0.717) is 30.5 Å². The number of carbonyl (C=O) groups is 2. The van der Waals surface area contributed by atoms with Crippen molar-refractivity contribution in [3.63, 3.8) is 0 Å². The lowest BCUT2D eigenvalue weighted by atomic mass is 9.91. The second-order valence-corrected chi connectivity index (χ2v) is 8.72. The van der Waals surface area contributed by atoms with Crippen molar-refractivity contribution in [2.45, 2.75) is 46.6 Å². The molecule has 0 saturated carbocycles. The van der Waals surface area contributed by atoms with Crippen molar-refractivity contribution in [1.82, 2.24) is 9.80 Å². The van der Waals surface area contributed by atoms with E-state index in [1.807, 2.05) is 11.8 Å². The van der Waals surface area contributed by atoms with Crippen LogP contribution in [0.5, 0.6) is 0 Å². The molecule has 0 aromatic rings. The zero-order valence-corrected chi connectivity index (χ0v) is 15.7. The Bertz CT molecular complexity index is 430. The van der Waals surface area contributed by atoms with E-state index < -0.39 is 0 Å². The van der Waals surface area contributed by atoms with Crippen LogP contribution < -0.4 is 0 Å². The van der Waals surface area contributed by atoms with Crippen LogP contribution in [0.2, 0.25) is 0 Å². The van der Waals surface area contributed by atoms with E-state index >= 15 is 0 Å². The summed E-state index contributed by atoms with van der Waals surface area (Å²) in [5.74, 6) is 1.99. The molecule has 0 spiro atoms. The molecule has 2 atom stereocenters. The third kappa shape index (κ3) is 5.11. The first kappa shape index (κ1) is 18.6. The molecule has 2 aliphatic rings. The fourth-order valence-electron chi connectivity index (χ4n) is 3.07. The Morgan fingerprint density at radius 3 is 2.65 bits per heavy atom. The predicted octanol–water partition coefficient (Wildman–Crippen LogP) is 2.21. The number of likely N-dealkylation sites (N-methyl/N-ethyl adjacent to an activating group) is 1. The molecule has 0 aliphatic carbocycles. The molecule has 23 heavy (non-hydrogen) atoms. The number of ether oxygens (including phenoxy) is 1. The highest BCUT2D eigenvalue weighted by atomic mass is 32.2. The second-order valence-electron chi connectivity index (χ2n) is 7.72. The van der Waals surface area contributed by atoms with Gasteiger partial charge in [0.05, 0.1) is 12.5 Å². The van der Waals surface area contributed by atoms with Gasteiger partial charge in [0.2, 0.25) is 11.8 Å². The van der Waals surface area contributed by atoms with Crippen molar-refractivity contribution < 1.29 is 14.3 Å². The number of hydrogen-bond acceptors (Lipinski definition) is 4. The third-order valence-corrected chi connectivity index (χ3v) is 5.38. The Morgan fingerprint density at radius 2 is 2.09 bits per heavy atom. The first-order valence-electron chi connectivity index (χ1n) is 8.55. The molecule has 0 bridgehead atoms. The van der Waals surface area contributed by atoms with Crippen LogP contribution in [0, 0.1) is 11.3 Å². The first-order chi connectivity index (χ1) is 10.8. The number of amides is 2. The summed E-state index contributed by atoms with van der Waals surface area (Å²) in [5.41, 5.74) is -0.0520. The van der Waals surface area contributed by atoms with E-state index in [4.69, 9.17) is 4.74 Å². The fourth-order valence-corrected chi connectivity index (χ4v) is 4.24. The molecular formula is C17H30N2O3S. The van der Waals surface area contributed by atoms with Gasteiger partial charge in [0.1, 0.15) is 6.04 Å². The average Bonchev–Trinajstić information content (AvgIpc) is 3.13. The van der Waals surface area contributed by atoms with Gasteiger partial charge in [0.25, 0.3) is 0 Å². The Kier molecular flexibility index (Phi) is 6.37. The van der Waals surface area contributed by atoms with Gasteiger partial charge in [-0.2, -0.15) is 0 Å². The van der Waals surface area contributed by atoms with Gasteiger partial charge in [-0.25, -0.2) is 0 Å². The molecule has 2 aliphatic heterocycles. The second kappa shape index (κ2) is 7.88. The lowest BCUT2D eigenvalue weighted by Gasteiger charge is -2.31. The summed E-state index contributed by atoms with van der Waals surface area (Å²) in [5, 5.41) is 0. The molecular weight excluding hydrogens is 312 g/mol. The van der Waals surface area contributed by atoms with E-state index in [1.54, 1.807) is 16.7 Å². The summed E-state index contributed by atoms with van der Waals surface area (Å²) in [6.07, 6.45) is 1.51. The maximum atomic E-state index is 12.9. The van der Waals surface area contributed by atoms with Gasteiger partial charge in [-0.1, -0.05) is 20.8 Å². The van der Waals surface area contributed by atoms with Crippen molar-refractivity contribution in [2.24, 2.45) is 11.3 Å². The van der Waals surface area contributed by atoms with Crippen molar-refractivity contribution in [3.05, 3.63) is 0 Å². The van der Waals surface area contributed by atoms with Gasteiger partial charge < -0.3 is 14.5 Å². The van der Waals surface area contributed by atoms with Crippen molar-refractivity contribution in [2.75, 3.05) is 37.9 Å². The van der Waals surface area contributed by atoms with Crippen LogP contribution in [-0.2, 0) is 14.3 Å². The van der Waals surface area contributed by atoms with Gasteiger partial charge in [-0.15, -0.1) is 11.8 Å². The van der Waals surface area contributed by atoms with Gasteiger partial charge in [-0.3, -0.25) is 9.59 Å². The van der Waals surface area contributed by atoms with Gasteiger partial charge in [-0.05, 0) is 18.8 Å². The van der Waals surface area contributed by atoms with E-state index in [-0.39, 0.29) is 23.3 Å². The first-order valence-corrected chi connectivity index (χ1v) is 9.71. The molecule has 0 aromatic heterocycles. The molecule has 6 heteroatoms. The van der Waals surface area contributed by atoms with Crippen LogP contribution in [-0.4, -0.2) is 65.6 Å². The van der Waals surface area contributed by atoms with E-state index in [9.17, 15) is 9.59 Å². The monoisotopic (exact) mass is 342 g/mol. The smallest absolute Gasteiger partial charge is 0.246 e. The van der Waals surface area contributed by atoms with Crippen LogP contribution in [0.25, 0.3) is 0 Å². The zero-order chi connectivity index (χ0) is 17.0. The molecule has 132 valence electrons. The van der Waals surface area contributed by atoms with E-state index in [0.717, 1.165) is 26.2 Å². The molecule has 2 rings (SSSR count). The summed E-state index contributed by atoms with van der Waals surface area (Å²) >= 11 is 1.68. The molecule has 0 radical (unpaired) electrons. The maximum absolute atomic E-state index is 12.9. The highest BCUT2D eigenvalue weighted by Gasteiger charge is 2.38. The lowest BCUT2D eigenvalue weighted by molar-refractivity contribution is -0.144. The van der Waals surface area contributed by atoms with Crippen molar-refractivity contribution in [3.8, 4) is 0 Å². The highest BCUT2D eigenvalue weighted by Crippen LogP contribution is 2.28. The highest BCUT2D eigenvalue weighted by molar-refractivity contribution is 7.99. The number of nitrogens with zero attached hydrogens (tertiary/aromatic N) is 2. The Labute approximate surface area is 144 Å². The minimum Gasteiger partial charge on any atom is -0.381 e. The molecule has 2 saturated heterocycles. The average molecular weight is 343 g/mol. The molecule has 2 amide bonds. The lowest BCUT2D eigenvalue weighted by Crippen LogP contribution is -2.50. The topological polar surface area (TPSA) is 49.9 Å². The summed E-state index contributed by atoms with van der Waals surface area (Å²) in [7, 11) is 0. The fraction of sp³-hybridized carbons (Fsp3) is 0.882. The number of rotatable bonds is 5. The zero-order valence-electron chi connectivity index (χ0n) is 14.8. The van der Waals surface area contributed by atoms with Crippen LogP contribution in [0.4, 0.5) is 0 Å². The molecule has 2 unspecified atom stereocenters. The van der Waals surface area contributed by atoms with E-state index in [1.165, 1.54) is 0 Å². The van der Waals surface area contributed by atoms with Crippen molar-refractivity contribution >= 4 is 23.6 Å². The van der Waals surface area contributed by atoms with Crippen LogP contribution in [0.3, 0.4) is 0 Å². The van der Waals surface area contributed by atoms with Gasteiger partial charge in [0.15, 0.2) is 0 Å². The summed E-state index contributed by atoms with van der Waals surface area (Å²) in [6, 6.07) is -0.294. The molecule has 0 N–H and O–H groups in total. The van der Waals surface area contributed by atoms with Crippen LogP contribution in [0.1, 0.15) is 40.5 Å². The minimum atomic E-state index is -0.294. The summed E-state index contributed by atoms with van der Waals surface area (Å²) < 4.78 is 5.42. The van der Waals surface area contributed by atoms with E-state index in [2.05, 4.69) is 20.8 Å². The SMILES string of the molecule is CCN(CC1CCOC1)C(=O)C1CSCN1C(=O)CC(C)(C)C. The van der Waals surface area contributed by atoms with Gasteiger partial charge in [0, 0.05) is 37.8 Å². The third-order valence-electron chi connectivity index (χ3n) is 4.37. The molecule has 2 heterocycles. The normalized spacial score (nSPS) is 25.0. The number of thioether (sulfide) groups is 1. The Balaban J connectivity index is 1.99. The summed E-state index contributed by atoms with van der Waals surface area (Å²) in [6.45, 7) is 11.2. The summed E-state index contributed by atoms with van der Waals surface area (Å²) in [4.78, 5) is 29.2. The standard InChI is InChI=1S/C17H30N2O3S/c1-5-18(9-13-6-7-22-10-13)16(21)14-11-23-12-19(14)15(20)8-17(2,3)4/h13-14H,5-12H2,1-4H3. The minimum absolute atomic E-state index is 0.0520. The molecule has 5 nitrogen and oxygen atoms in total. The van der Waals surface area contributed by atoms with Crippen LogP contribution in [0.15, 0.2) is 0 Å². The predicted molar refractivity (Wildman–Crippen MR) is 93.2 cm³/mol. The van der Waals surface area contributed by atoms with Gasteiger partial charge >= 0.3 is 0 Å². The van der Waals surface area contributed by atoms with Crippen LogP contribution >= 0.6 is 11.8 Å². The molecule has 2 fully saturated rings. The van der Waals surface area contributed by atoms with Crippen molar-refractivity contribution in [1.29, 1.82) is 0 Å². The largest absolute Gasteiger partial charge is 0.381 e. The number of carbonyl (C=O) groups excluding carboxylic acids is 2.